The molecule has 2 aromatic rings. The van der Waals surface area contributed by atoms with E-state index in [9.17, 15) is 14.7 Å². The molecular weight excluding hydrogens is 322 g/mol. The fraction of sp³-hybridized carbons (Fsp3) is 0.263. The Bertz CT molecular complexity index is 842. The van der Waals surface area contributed by atoms with Crippen molar-refractivity contribution in [1.82, 2.24) is 0 Å². The standard InChI is InChI=1S/C19H21NO5/c1-9-11(3)17(20)12(4)10(2)16(9)8-25-13-5-6-14(18(21)22)15(7-13)19(23)24/h5-7H,8,20H2,1-4H3,(H,21,22)(H,23,24). The van der Waals surface area contributed by atoms with Crippen LogP contribution in [0.3, 0.4) is 0 Å². The zero-order valence-electron chi connectivity index (χ0n) is 14.6. The molecule has 0 bridgehead atoms. The van der Waals surface area contributed by atoms with Crippen LogP contribution < -0.4 is 10.5 Å². The van der Waals surface area contributed by atoms with Crippen LogP contribution in [0.5, 0.6) is 5.75 Å². The van der Waals surface area contributed by atoms with E-state index >= 15 is 0 Å². The number of carboxylic acids is 2. The summed E-state index contributed by atoms with van der Waals surface area (Å²) in [4.78, 5) is 22.4. The van der Waals surface area contributed by atoms with E-state index in [4.69, 9.17) is 15.6 Å². The predicted molar refractivity (Wildman–Crippen MR) is 94.5 cm³/mol. The summed E-state index contributed by atoms with van der Waals surface area (Å²) in [6, 6.07) is 3.92. The highest BCUT2D eigenvalue weighted by Gasteiger charge is 2.18. The third kappa shape index (κ3) is 3.42. The third-order valence-electron chi connectivity index (χ3n) is 4.67. The lowest BCUT2D eigenvalue weighted by Crippen LogP contribution is -2.10. The average molecular weight is 343 g/mol. The number of carbonyl (C=O) groups is 2. The second-order valence-electron chi connectivity index (χ2n) is 6.00. The molecule has 0 aliphatic carbocycles. The highest BCUT2D eigenvalue weighted by atomic mass is 16.5. The minimum Gasteiger partial charge on any atom is -0.489 e. The highest BCUT2D eigenvalue weighted by molar-refractivity contribution is 6.02. The molecule has 6 nitrogen and oxygen atoms in total. The van der Waals surface area contributed by atoms with Gasteiger partial charge < -0.3 is 20.7 Å². The first kappa shape index (κ1) is 18.3. The van der Waals surface area contributed by atoms with Gasteiger partial charge in [0.2, 0.25) is 0 Å². The van der Waals surface area contributed by atoms with Crippen LogP contribution >= 0.6 is 0 Å². The van der Waals surface area contributed by atoms with Gasteiger partial charge in [0.25, 0.3) is 0 Å². The molecule has 0 saturated heterocycles. The minimum atomic E-state index is -1.31. The molecule has 0 aromatic heterocycles. The predicted octanol–water partition coefficient (Wildman–Crippen LogP) is 3.48. The van der Waals surface area contributed by atoms with Crippen LogP contribution in [-0.2, 0) is 6.61 Å². The SMILES string of the molecule is Cc1c(C)c(COc2ccc(C(=O)O)c(C(=O)O)c2)c(C)c(C)c1N. The topological polar surface area (TPSA) is 110 Å². The zero-order chi connectivity index (χ0) is 18.9. The lowest BCUT2D eigenvalue weighted by atomic mass is 9.92. The Kier molecular flexibility index (Phi) is 5.02. The molecule has 2 rings (SSSR count). The maximum absolute atomic E-state index is 11.3. The summed E-state index contributed by atoms with van der Waals surface area (Å²) in [5.41, 5.74) is 11.3. The van der Waals surface area contributed by atoms with Gasteiger partial charge in [-0.3, -0.25) is 0 Å². The number of aromatic carboxylic acids is 2. The molecule has 0 radical (unpaired) electrons. The van der Waals surface area contributed by atoms with Crippen molar-refractivity contribution in [3.63, 3.8) is 0 Å². The minimum absolute atomic E-state index is 0.241. The van der Waals surface area contributed by atoms with Crippen LogP contribution in [0.2, 0.25) is 0 Å². The highest BCUT2D eigenvalue weighted by Crippen LogP contribution is 2.29. The van der Waals surface area contributed by atoms with E-state index in [0.717, 1.165) is 33.5 Å². The van der Waals surface area contributed by atoms with Gasteiger partial charge in [-0.2, -0.15) is 0 Å². The van der Waals surface area contributed by atoms with Gasteiger partial charge in [-0.05, 0) is 73.7 Å². The molecule has 0 amide bonds. The molecule has 132 valence electrons. The third-order valence-corrected chi connectivity index (χ3v) is 4.67. The Hall–Kier alpha value is -3.02. The van der Waals surface area contributed by atoms with Crippen LogP contribution in [0.1, 0.15) is 48.5 Å². The Morgan fingerprint density at radius 1 is 0.920 bits per heavy atom. The van der Waals surface area contributed by atoms with Crippen molar-refractivity contribution >= 4 is 17.6 Å². The molecule has 0 saturated carbocycles. The number of nitrogens with two attached hydrogens (primary N) is 1. The number of hydrogen-bond acceptors (Lipinski definition) is 4. The van der Waals surface area contributed by atoms with E-state index < -0.39 is 11.9 Å². The summed E-state index contributed by atoms with van der Waals surface area (Å²) >= 11 is 0. The normalized spacial score (nSPS) is 10.6. The number of benzene rings is 2. The molecule has 0 spiro atoms. The summed E-state index contributed by atoms with van der Waals surface area (Å²) in [5.74, 6) is -2.30. The molecule has 25 heavy (non-hydrogen) atoms. The molecule has 0 unspecified atom stereocenters. The fourth-order valence-corrected chi connectivity index (χ4v) is 2.77. The summed E-state index contributed by atoms with van der Waals surface area (Å²) in [7, 11) is 0. The Labute approximate surface area is 145 Å². The Balaban J connectivity index is 2.36. The summed E-state index contributed by atoms with van der Waals surface area (Å²) < 4.78 is 5.73. The van der Waals surface area contributed by atoms with Gasteiger partial charge in [0.05, 0.1) is 11.1 Å². The van der Waals surface area contributed by atoms with Crippen LogP contribution in [-0.4, -0.2) is 22.2 Å². The Morgan fingerprint density at radius 3 is 1.92 bits per heavy atom. The quantitative estimate of drug-likeness (QED) is 0.717. The average Bonchev–Trinajstić information content (AvgIpc) is 2.57. The maximum Gasteiger partial charge on any atom is 0.336 e. The summed E-state index contributed by atoms with van der Waals surface area (Å²) in [6.07, 6.45) is 0. The Morgan fingerprint density at radius 2 is 1.44 bits per heavy atom. The second kappa shape index (κ2) is 6.84. The van der Waals surface area contributed by atoms with E-state index in [-0.39, 0.29) is 17.7 Å². The molecule has 4 N–H and O–H groups in total. The maximum atomic E-state index is 11.3. The molecular formula is C19H21NO5. The summed E-state index contributed by atoms with van der Waals surface area (Å²) in [6.45, 7) is 8.07. The van der Waals surface area contributed by atoms with E-state index in [1.165, 1.54) is 18.2 Å². The number of anilines is 1. The van der Waals surface area contributed by atoms with Crippen molar-refractivity contribution in [1.29, 1.82) is 0 Å². The lowest BCUT2D eigenvalue weighted by Gasteiger charge is -2.19. The first-order valence-electron chi connectivity index (χ1n) is 7.73. The van der Waals surface area contributed by atoms with Gasteiger partial charge in [0, 0.05) is 5.69 Å². The first-order valence-corrected chi connectivity index (χ1v) is 7.73. The van der Waals surface area contributed by atoms with Crippen LogP contribution in [0.15, 0.2) is 18.2 Å². The van der Waals surface area contributed by atoms with E-state index in [1.807, 2.05) is 27.7 Å². The number of nitrogen functional groups attached to an aromatic ring is 1. The number of rotatable bonds is 5. The smallest absolute Gasteiger partial charge is 0.336 e. The molecule has 0 fully saturated rings. The van der Waals surface area contributed by atoms with Gasteiger partial charge in [-0.25, -0.2) is 9.59 Å². The first-order chi connectivity index (χ1) is 11.6. The van der Waals surface area contributed by atoms with Crippen molar-refractivity contribution < 1.29 is 24.5 Å². The van der Waals surface area contributed by atoms with Crippen LogP contribution in [0.4, 0.5) is 5.69 Å². The second-order valence-corrected chi connectivity index (χ2v) is 6.00. The van der Waals surface area contributed by atoms with E-state index in [1.54, 1.807) is 0 Å². The van der Waals surface area contributed by atoms with Gasteiger partial charge in [-0.15, -0.1) is 0 Å². The van der Waals surface area contributed by atoms with Crippen molar-refractivity contribution in [2.75, 3.05) is 5.73 Å². The monoisotopic (exact) mass is 343 g/mol. The fourth-order valence-electron chi connectivity index (χ4n) is 2.77. The number of ether oxygens (including phenoxy) is 1. The summed E-state index contributed by atoms with van der Waals surface area (Å²) in [5, 5.41) is 18.2. The number of hydrogen-bond donors (Lipinski definition) is 3. The van der Waals surface area contributed by atoms with Crippen LogP contribution in [0.25, 0.3) is 0 Å². The van der Waals surface area contributed by atoms with Gasteiger partial charge in [0.1, 0.15) is 12.4 Å². The largest absolute Gasteiger partial charge is 0.489 e. The van der Waals surface area contributed by atoms with Gasteiger partial charge in [-0.1, -0.05) is 0 Å². The van der Waals surface area contributed by atoms with Crippen molar-refractivity contribution in [3.8, 4) is 5.75 Å². The molecule has 6 heteroatoms. The van der Waals surface area contributed by atoms with Crippen molar-refractivity contribution in [2.24, 2.45) is 0 Å². The number of carboxylic acid groups (broad SMARTS) is 2. The van der Waals surface area contributed by atoms with E-state index in [0.29, 0.717) is 5.75 Å². The van der Waals surface area contributed by atoms with Gasteiger partial charge in [0.15, 0.2) is 0 Å². The molecule has 2 aromatic carbocycles. The molecule has 0 atom stereocenters. The van der Waals surface area contributed by atoms with Crippen molar-refractivity contribution in [2.45, 2.75) is 34.3 Å². The van der Waals surface area contributed by atoms with Gasteiger partial charge >= 0.3 is 11.9 Å². The van der Waals surface area contributed by atoms with Crippen LogP contribution in [0, 0.1) is 27.7 Å². The van der Waals surface area contributed by atoms with E-state index in [2.05, 4.69) is 0 Å². The van der Waals surface area contributed by atoms with Crippen molar-refractivity contribution in [3.05, 3.63) is 57.1 Å². The zero-order valence-corrected chi connectivity index (χ0v) is 14.6. The lowest BCUT2D eigenvalue weighted by molar-refractivity contribution is 0.0651. The molecule has 0 heterocycles. The molecule has 0 aliphatic rings. The molecule has 0 aliphatic heterocycles.